The Kier molecular flexibility index (Phi) is 4.58. The van der Waals surface area contributed by atoms with Crippen molar-refractivity contribution in [1.82, 2.24) is 0 Å². The largest absolute Gasteiger partial charge is 0.326 e. The Hall–Kier alpha value is -0.180. The van der Waals surface area contributed by atoms with Gasteiger partial charge >= 0.3 is 8.25 Å². The fraction of sp³-hybridized carbons (Fsp3) is 0.750. The van der Waals surface area contributed by atoms with Gasteiger partial charge in [-0.05, 0) is 0 Å². The number of ketones is 1. The van der Waals surface area contributed by atoms with Crippen LogP contribution in [0.3, 0.4) is 0 Å². The Morgan fingerprint density at radius 3 is 2.67 bits per heavy atom. The molecule has 0 bridgehead atoms. The summed E-state index contributed by atoms with van der Waals surface area (Å²) in [6, 6.07) is 0. The van der Waals surface area contributed by atoms with Crippen LogP contribution in [0.2, 0.25) is 0 Å². The predicted molar refractivity (Wildman–Crippen MR) is 32.5 cm³/mol. The third kappa shape index (κ3) is 5.69. The molecule has 1 N–H and O–H groups in total. The Balaban J connectivity index is 3.28. The molecule has 0 aliphatic rings. The molecule has 0 aromatic carbocycles. The quantitative estimate of drug-likeness (QED) is 0.591. The van der Waals surface area contributed by atoms with Crippen molar-refractivity contribution in [3.05, 3.63) is 0 Å². The Morgan fingerprint density at radius 1 is 1.78 bits per heavy atom. The fourth-order valence-corrected chi connectivity index (χ4v) is 0.529. The number of hydrogen-bond donors (Lipinski definition) is 1. The molecule has 0 saturated carbocycles. The maximum Gasteiger partial charge on any atom is 0.317 e. The molecule has 0 radical (unpaired) electrons. The van der Waals surface area contributed by atoms with Crippen molar-refractivity contribution >= 4 is 14.0 Å². The predicted octanol–water partition coefficient (Wildman–Crippen LogP) is 0.364. The van der Waals surface area contributed by atoms with Gasteiger partial charge in [0.1, 0.15) is 6.61 Å². The lowest BCUT2D eigenvalue weighted by atomic mass is 10.3. The van der Waals surface area contributed by atoms with Crippen LogP contribution >= 0.6 is 8.25 Å². The third-order valence-corrected chi connectivity index (χ3v) is 1.14. The van der Waals surface area contributed by atoms with E-state index in [1.165, 1.54) is 0 Å². The first-order valence-electron chi connectivity index (χ1n) is 2.54. The van der Waals surface area contributed by atoms with E-state index in [1.807, 2.05) is 0 Å². The second kappa shape index (κ2) is 4.68. The average molecular weight is 152 g/mol. The molecule has 0 aromatic heterocycles. The van der Waals surface area contributed by atoms with E-state index in [9.17, 15) is 9.36 Å². The lowest BCUT2D eigenvalue weighted by Crippen LogP contribution is -2.02. The van der Waals surface area contributed by atoms with Crippen LogP contribution < -0.4 is 0 Å². The van der Waals surface area contributed by atoms with E-state index in [2.05, 4.69) is 4.52 Å². The van der Waals surface area contributed by atoms with Gasteiger partial charge in [0.15, 0.2) is 5.78 Å². The van der Waals surface area contributed by atoms with Crippen LogP contribution in [-0.2, 0) is 13.9 Å². The van der Waals surface area contributed by atoms with E-state index in [-0.39, 0.29) is 12.4 Å². The van der Waals surface area contributed by atoms with Crippen LogP contribution in [-0.4, -0.2) is 17.3 Å². The lowest BCUT2D eigenvalue weighted by Gasteiger charge is -1.94. The van der Waals surface area contributed by atoms with E-state index < -0.39 is 8.25 Å². The first-order valence-corrected chi connectivity index (χ1v) is 3.80. The zero-order chi connectivity index (χ0) is 7.28. The summed E-state index contributed by atoms with van der Waals surface area (Å²) in [6.45, 7) is 1.42. The SMILES string of the molecule is CCC(=O)CO[PH](=O)O. The first kappa shape index (κ1) is 8.82. The van der Waals surface area contributed by atoms with Crippen molar-refractivity contribution in [2.45, 2.75) is 13.3 Å². The van der Waals surface area contributed by atoms with Gasteiger partial charge < -0.3 is 9.42 Å². The van der Waals surface area contributed by atoms with Gasteiger partial charge in [-0.15, -0.1) is 0 Å². The normalized spacial score (nSPS) is 13.1. The highest BCUT2D eigenvalue weighted by Gasteiger charge is 1.98. The molecule has 0 heterocycles. The summed E-state index contributed by atoms with van der Waals surface area (Å²) in [6.07, 6.45) is 0.342. The first-order chi connectivity index (χ1) is 4.16. The van der Waals surface area contributed by atoms with Gasteiger partial charge in [-0.25, -0.2) is 0 Å². The molecule has 9 heavy (non-hydrogen) atoms. The van der Waals surface area contributed by atoms with Crippen molar-refractivity contribution in [3.63, 3.8) is 0 Å². The number of carbonyl (C=O) groups is 1. The van der Waals surface area contributed by atoms with Crippen LogP contribution in [0.15, 0.2) is 0 Å². The minimum Gasteiger partial charge on any atom is -0.326 e. The molecule has 0 saturated heterocycles. The topological polar surface area (TPSA) is 63.6 Å². The monoisotopic (exact) mass is 152 g/mol. The van der Waals surface area contributed by atoms with Crippen LogP contribution in [0.1, 0.15) is 13.3 Å². The molecular formula is C4H9O4P. The minimum atomic E-state index is -2.91. The number of carbonyl (C=O) groups excluding carboxylic acids is 1. The van der Waals surface area contributed by atoms with Crippen molar-refractivity contribution < 1.29 is 18.8 Å². The minimum absolute atomic E-state index is 0.164. The van der Waals surface area contributed by atoms with Crippen molar-refractivity contribution in [2.24, 2.45) is 0 Å². The van der Waals surface area contributed by atoms with Crippen molar-refractivity contribution in [1.29, 1.82) is 0 Å². The van der Waals surface area contributed by atoms with Crippen LogP contribution in [0.4, 0.5) is 0 Å². The van der Waals surface area contributed by atoms with Crippen LogP contribution in [0, 0.1) is 0 Å². The maximum atomic E-state index is 10.4. The molecule has 0 aliphatic carbocycles. The molecule has 5 heteroatoms. The van der Waals surface area contributed by atoms with E-state index in [0.717, 1.165) is 0 Å². The smallest absolute Gasteiger partial charge is 0.317 e. The second-order valence-corrected chi connectivity index (χ2v) is 2.27. The van der Waals surface area contributed by atoms with Crippen molar-refractivity contribution in [2.75, 3.05) is 6.61 Å². The third-order valence-electron chi connectivity index (χ3n) is 0.751. The van der Waals surface area contributed by atoms with Gasteiger partial charge in [-0.1, -0.05) is 6.92 Å². The van der Waals surface area contributed by atoms with Crippen LogP contribution in [0.25, 0.3) is 0 Å². The van der Waals surface area contributed by atoms with E-state index >= 15 is 0 Å². The molecule has 54 valence electrons. The molecule has 0 amide bonds. The highest BCUT2D eigenvalue weighted by atomic mass is 31.1. The number of Topliss-reactive ketones (excluding diaryl/α,β-unsaturated/α-hetero) is 1. The second-order valence-electron chi connectivity index (χ2n) is 1.45. The highest BCUT2D eigenvalue weighted by Crippen LogP contribution is 2.13. The van der Waals surface area contributed by atoms with Gasteiger partial charge in [0, 0.05) is 6.42 Å². The Morgan fingerprint density at radius 2 is 2.33 bits per heavy atom. The molecule has 0 spiro atoms. The molecule has 1 atom stereocenters. The molecule has 0 aromatic rings. The molecule has 0 rings (SSSR count). The zero-order valence-electron chi connectivity index (χ0n) is 5.09. The summed E-state index contributed by atoms with van der Waals surface area (Å²) in [5.74, 6) is -0.164. The van der Waals surface area contributed by atoms with Gasteiger partial charge in [0.05, 0.1) is 0 Å². The average Bonchev–Trinajstić information content (AvgIpc) is 1.83. The van der Waals surface area contributed by atoms with E-state index in [1.54, 1.807) is 6.92 Å². The lowest BCUT2D eigenvalue weighted by molar-refractivity contribution is -0.120. The molecule has 1 unspecified atom stereocenters. The maximum absolute atomic E-state index is 10.4. The summed E-state index contributed by atoms with van der Waals surface area (Å²) < 4.78 is 14.0. The van der Waals surface area contributed by atoms with Gasteiger partial charge in [-0.3, -0.25) is 9.36 Å². The summed E-state index contributed by atoms with van der Waals surface area (Å²) >= 11 is 0. The zero-order valence-corrected chi connectivity index (χ0v) is 6.09. The Bertz CT molecular complexity index is 122. The number of rotatable bonds is 4. The molecule has 0 aliphatic heterocycles. The standard InChI is InChI=1S/C4H9O4P/c1-2-4(5)3-8-9(6)7/h9H,2-3H2,1H3,(H,6,7). The van der Waals surface area contributed by atoms with Gasteiger partial charge in [0.2, 0.25) is 0 Å². The summed E-state index contributed by atoms with van der Waals surface area (Å²) in [7, 11) is -2.91. The molecular weight excluding hydrogens is 143 g/mol. The fourth-order valence-electron chi connectivity index (χ4n) is 0.244. The molecule has 4 nitrogen and oxygen atoms in total. The van der Waals surface area contributed by atoms with Gasteiger partial charge in [0.25, 0.3) is 0 Å². The van der Waals surface area contributed by atoms with Crippen LogP contribution in [0.5, 0.6) is 0 Å². The Labute approximate surface area is 53.8 Å². The summed E-state index contributed by atoms with van der Waals surface area (Å²) in [5, 5.41) is 0. The summed E-state index contributed by atoms with van der Waals surface area (Å²) in [5.41, 5.74) is 0. The number of hydrogen-bond acceptors (Lipinski definition) is 3. The summed E-state index contributed by atoms with van der Waals surface area (Å²) in [4.78, 5) is 18.4. The van der Waals surface area contributed by atoms with E-state index in [0.29, 0.717) is 6.42 Å². The van der Waals surface area contributed by atoms with Gasteiger partial charge in [-0.2, -0.15) is 0 Å². The van der Waals surface area contributed by atoms with Crippen molar-refractivity contribution in [3.8, 4) is 0 Å². The molecule has 0 fully saturated rings. The van der Waals surface area contributed by atoms with E-state index in [4.69, 9.17) is 4.89 Å². The highest BCUT2D eigenvalue weighted by molar-refractivity contribution is 7.32.